The van der Waals surface area contributed by atoms with Crippen LogP contribution in [0, 0.1) is 5.92 Å². The first-order valence-corrected chi connectivity index (χ1v) is 6.10. The van der Waals surface area contributed by atoms with E-state index in [0.717, 1.165) is 6.42 Å². The molecule has 0 aromatic carbocycles. The minimum absolute atomic E-state index is 0.0584. The molecule has 2 heterocycles. The largest absolute Gasteiger partial charge is 0.385 e. The molecule has 3 N–H and O–H groups in total. The van der Waals surface area contributed by atoms with E-state index in [4.69, 9.17) is 10.5 Å². The first kappa shape index (κ1) is 13.0. The van der Waals surface area contributed by atoms with Crippen LogP contribution in [0.25, 0.3) is 0 Å². The Morgan fingerprint density at radius 3 is 2.83 bits per heavy atom. The second-order valence-electron chi connectivity index (χ2n) is 4.99. The standard InChI is InChI=1S/C12H19N3O3/c1-4-8-7(2)12(3,17)10(18-8)15-6-5-9(13)14-11(15)16/h5-8,10,17H,4H2,1-3H3,(H2,13,14,16)/t7-,8-,10-,12-/m1/s1. The van der Waals surface area contributed by atoms with Crippen LogP contribution in [0.4, 0.5) is 5.82 Å². The summed E-state index contributed by atoms with van der Waals surface area (Å²) in [4.78, 5) is 15.5. The van der Waals surface area contributed by atoms with Crippen LogP contribution < -0.4 is 11.4 Å². The molecule has 0 spiro atoms. The van der Waals surface area contributed by atoms with Crippen LogP contribution in [0.5, 0.6) is 0 Å². The molecule has 1 aliphatic rings. The molecular weight excluding hydrogens is 234 g/mol. The van der Waals surface area contributed by atoms with E-state index >= 15 is 0 Å². The van der Waals surface area contributed by atoms with Gasteiger partial charge in [0.2, 0.25) is 0 Å². The van der Waals surface area contributed by atoms with Gasteiger partial charge in [0.05, 0.1) is 6.10 Å². The van der Waals surface area contributed by atoms with Crippen LogP contribution in [0.3, 0.4) is 0 Å². The average Bonchev–Trinajstić information content (AvgIpc) is 2.52. The number of anilines is 1. The van der Waals surface area contributed by atoms with Crippen LogP contribution in [0.2, 0.25) is 0 Å². The predicted octanol–water partition coefficient (Wildman–Crippen LogP) is 0.520. The van der Waals surface area contributed by atoms with Gasteiger partial charge in [0.15, 0.2) is 6.23 Å². The lowest BCUT2D eigenvalue weighted by Crippen LogP contribution is -2.41. The number of ether oxygens (including phenoxy) is 1. The molecule has 2 rings (SSSR count). The number of nitrogen functional groups attached to an aromatic ring is 1. The van der Waals surface area contributed by atoms with Crippen LogP contribution in [0.15, 0.2) is 17.1 Å². The van der Waals surface area contributed by atoms with Crippen LogP contribution >= 0.6 is 0 Å². The third-order valence-electron chi connectivity index (χ3n) is 3.79. The summed E-state index contributed by atoms with van der Waals surface area (Å²) in [7, 11) is 0. The molecule has 6 heteroatoms. The molecular formula is C12H19N3O3. The Morgan fingerprint density at radius 2 is 2.33 bits per heavy atom. The Kier molecular flexibility index (Phi) is 3.16. The van der Waals surface area contributed by atoms with Crippen molar-refractivity contribution in [3.63, 3.8) is 0 Å². The maximum absolute atomic E-state index is 11.8. The van der Waals surface area contributed by atoms with Crippen molar-refractivity contribution < 1.29 is 9.84 Å². The molecule has 0 saturated carbocycles. The van der Waals surface area contributed by atoms with Crippen molar-refractivity contribution in [2.24, 2.45) is 5.92 Å². The molecule has 6 nitrogen and oxygen atoms in total. The second-order valence-corrected chi connectivity index (χ2v) is 4.99. The highest BCUT2D eigenvalue weighted by Crippen LogP contribution is 2.42. The molecule has 18 heavy (non-hydrogen) atoms. The average molecular weight is 253 g/mol. The summed E-state index contributed by atoms with van der Waals surface area (Å²) in [6.07, 6.45) is 1.49. The van der Waals surface area contributed by atoms with Gasteiger partial charge in [-0.1, -0.05) is 13.8 Å². The third-order valence-corrected chi connectivity index (χ3v) is 3.79. The van der Waals surface area contributed by atoms with Crippen molar-refractivity contribution in [2.45, 2.75) is 45.1 Å². The van der Waals surface area contributed by atoms with E-state index < -0.39 is 17.5 Å². The van der Waals surface area contributed by atoms with Crippen LogP contribution in [0.1, 0.15) is 33.4 Å². The summed E-state index contributed by atoms with van der Waals surface area (Å²) in [6, 6.07) is 1.52. The van der Waals surface area contributed by atoms with E-state index in [1.165, 1.54) is 16.8 Å². The van der Waals surface area contributed by atoms with E-state index in [2.05, 4.69) is 4.98 Å². The quantitative estimate of drug-likeness (QED) is 0.802. The Hall–Kier alpha value is -1.40. The van der Waals surface area contributed by atoms with Crippen LogP contribution in [-0.2, 0) is 4.74 Å². The fourth-order valence-corrected chi connectivity index (χ4v) is 2.42. The van der Waals surface area contributed by atoms with Gasteiger partial charge in [-0.25, -0.2) is 4.79 Å². The van der Waals surface area contributed by atoms with Gasteiger partial charge in [0, 0.05) is 12.1 Å². The lowest BCUT2D eigenvalue weighted by atomic mass is 9.87. The van der Waals surface area contributed by atoms with Gasteiger partial charge >= 0.3 is 5.69 Å². The molecule has 100 valence electrons. The molecule has 0 amide bonds. The van der Waals surface area contributed by atoms with E-state index in [0.29, 0.717) is 0 Å². The SMILES string of the molecule is CC[C@H]1O[C@@H](n2ccc(N)nc2=O)[C@](C)(O)[C@@H]1C. The zero-order chi connectivity index (χ0) is 13.5. The highest BCUT2D eigenvalue weighted by atomic mass is 16.5. The summed E-state index contributed by atoms with van der Waals surface area (Å²) in [6.45, 7) is 5.59. The molecule has 0 aliphatic carbocycles. The van der Waals surface area contributed by atoms with Gasteiger partial charge in [-0.15, -0.1) is 0 Å². The van der Waals surface area contributed by atoms with Crippen molar-refractivity contribution in [1.82, 2.24) is 9.55 Å². The Labute approximate surface area is 105 Å². The monoisotopic (exact) mass is 253 g/mol. The third kappa shape index (κ3) is 1.91. The van der Waals surface area contributed by atoms with Crippen molar-refractivity contribution >= 4 is 5.82 Å². The summed E-state index contributed by atoms with van der Waals surface area (Å²) in [5.41, 5.74) is 3.83. The molecule has 1 aliphatic heterocycles. The van der Waals surface area contributed by atoms with Crippen molar-refractivity contribution in [1.29, 1.82) is 0 Å². The number of hydrogen-bond acceptors (Lipinski definition) is 5. The maximum atomic E-state index is 11.8. The topological polar surface area (TPSA) is 90.4 Å². The lowest BCUT2D eigenvalue weighted by molar-refractivity contribution is -0.0875. The van der Waals surface area contributed by atoms with Gasteiger partial charge < -0.3 is 15.6 Å². The Morgan fingerprint density at radius 1 is 1.67 bits per heavy atom. The first-order valence-electron chi connectivity index (χ1n) is 6.10. The zero-order valence-corrected chi connectivity index (χ0v) is 10.8. The van der Waals surface area contributed by atoms with Crippen molar-refractivity contribution in [3.05, 3.63) is 22.7 Å². The number of hydrogen-bond donors (Lipinski definition) is 2. The van der Waals surface area contributed by atoms with Gasteiger partial charge in [-0.05, 0) is 19.4 Å². The molecule has 1 aromatic rings. The molecule has 1 fully saturated rings. The smallest absolute Gasteiger partial charge is 0.351 e. The number of rotatable bonds is 2. The van der Waals surface area contributed by atoms with Gasteiger partial charge in [-0.2, -0.15) is 4.98 Å². The minimum Gasteiger partial charge on any atom is -0.385 e. The summed E-state index contributed by atoms with van der Waals surface area (Å²) < 4.78 is 7.07. The predicted molar refractivity (Wildman–Crippen MR) is 66.9 cm³/mol. The highest BCUT2D eigenvalue weighted by Gasteiger charge is 2.50. The normalized spacial score (nSPS) is 35.9. The van der Waals surface area contributed by atoms with E-state index in [-0.39, 0.29) is 17.8 Å². The van der Waals surface area contributed by atoms with Crippen LogP contribution in [-0.4, -0.2) is 26.4 Å². The van der Waals surface area contributed by atoms with Gasteiger partial charge in [0.1, 0.15) is 11.4 Å². The molecule has 4 atom stereocenters. The van der Waals surface area contributed by atoms with Gasteiger partial charge in [-0.3, -0.25) is 4.57 Å². The fourth-order valence-electron chi connectivity index (χ4n) is 2.42. The van der Waals surface area contributed by atoms with E-state index in [9.17, 15) is 9.90 Å². The molecule has 0 unspecified atom stereocenters. The van der Waals surface area contributed by atoms with E-state index in [1.54, 1.807) is 6.92 Å². The molecule has 1 aromatic heterocycles. The zero-order valence-electron chi connectivity index (χ0n) is 10.8. The second kappa shape index (κ2) is 4.37. The number of aromatic nitrogens is 2. The van der Waals surface area contributed by atoms with Gasteiger partial charge in [0.25, 0.3) is 0 Å². The first-order chi connectivity index (χ1) is 8.37. The number of nitrogens with two attached hydrogens (primary N) is 1. The summed E-state index contributed by atoms with van der Waals surface area (Å²) in [5, 5.41) is 10.5. The van der Waals surface area contributed by atoms with Crippen molar-refractivity contribution in [3.8, 4) is 0 Å². The fraction of sp³-hybridized carbons (Fsp3) is 0.667. The van der Waals surface area contributed by atoms with E-state index in [1.807, 2.05) is 13.8 Å². The summed E-state index contributed by atoms with van der Waals surface area (Å²) in [5.74, 6) is 0.103. The number of aliphatic hydroxyl groups is 1. The summed E-state index contributed by atoms with van der Waals surface area (Å²) >= 11 is 0. The number of nitrogens with zero attached hydrogens (tertiary/aromatic N) is 2. The molecule has 0 radical (unpaired) electrons. The highest BCUT2D eigenvalue weighted by molar-refractivity contribution is 5.23. The molecule has 1 saturated heterocycles. The molecule has 0 bridgehead atoms. The maximum Gasteiger partial charge on any atom is 0.351 e. The lowest BCUT2D eigenvalue weighted by Gasteiger charge is -2.28. The Bertz CT molecular complexity index is 498. The Balaban J connectivity index is 2.42. The minimum atomic E-state index is -1.11. The van der Waals surface area contributed by atoms with Crippen molar-refractivity contribution in [2.75, 3.05) is 5.73 Å².